The third-order valence-corrected chi connectivity index (χ3v) is 6.75. The highest BCUT2D eigenvalue weighted by Gasteiger charge is 2.49. The fourth-order valence-electron chi connectivity index (χ4n) is 4.01. The first kappa shape index (κ1) is 16.1. The summed E-state index contributed by atoms with van der Waals surface area (Å²) >= 11 is 2.07. The van der Waals surface area contributed by atoms with Crippen molar-refractivity contribution in [3.8, 4) is 5.75 Å². The van der Waals surface area contributed by atoms with Gasteiger partial charge in [-0.2, -0.15) is 0 Å². The molecule has 1 unspecified atom stereocenters. The van der Waals surface area contributed by atoms with Gasteiger partial charge in [0.2, 0.25) is 0 Å². The highest BCUT2D eigenvalue weighted by Crippen LogP contribution is 2.46. The average molecular weight is 363 g/mol. The molecule has 4 nitrogen and oxygen atoms in total. The summed E-state index contributed by atoms with van der Waals surface area (Å²) in [7, 11) is 0. The van der Waals surface area contributed by atoms with Gasteiger partial charge in [0.05, 0.1) is 17.4 Å². The summed E-state index contributed by atoms with van der Waals surface area (Å²) in [6.07, 6.45) is 5.00. The summed E-state index contributed by atoms with van der Waals surface area (Å²) in [5, 5.41) is 1.21. The summed E-state index contributed by atoms with van der Waals surface area (Å²) in [4.78, 5) is 11.4. The number of thioether (sulfide) groups is 1. The van der Waals surface area contributed by atoms with Crippen LogP contribution in [0, 0.1) is 0 Å². The van der Waals surface area contributed by atoms with E-state index in [1.807, 2.05) is 12.1 Å². The lowest BCUT2D eigenvalue weighted by atomic mass is 9.92. The van der Waals surface area contributed by atoms with E-state index in [1.54, 1.807) is 12.4 Å². The minimum absolute atomic E-state index is 0.296. The van der Waals surface area contributed by atoms with E-state index < -0.39 is 0 Å². The highest BCUT2D eigenvalue weighted by atomic mass is 32.2. The molecule has 1 atom stereocenters. The number of likely N-dealkylation sites (tertiary alicyclic amines) is 1. The molecular weight excluding hydrogens is 342 g/mol. The molecule has 0 bridgehead atoms. The van der Waals surface area contributed by atoms with Gasteiger partial charge in [-0.15, -0.1) is 11.8 Å². The molecule has 2 aliphatic rings. The fraction of sp³-hybridized carbons (Fsp3) is 0.333. The van der Waals surface area contributed by atoms with Crippen LogP contribution < -0.4 is 4.74 Å². The van der Waals surface area contributed by atoms with Crippen molar-refractivity contribution < 1.29 is 4.74 Å². The highest BCUT2D eigenvalue weighted by molar-refractivity contribution is 8.01. The zero-order valence-electron chi connectivity index (χ0n) is 14.5. The maximum Gasteiger partial charge on any atom is 0.138 e. The van der Waals surface area contributed by atoms with Crippen LogP contribution in [0.3, 0.4) is 0 Å². The van der Waals surface area contributed by atoms with Crippen LogP contribution in [0.2, 0.25) is 0 Å². The Balaban J connectivity index is 1.18. The standard InChI is InChI=1S/C21H21N3OS/c1-2-6-20-16(4-1)7-8-17(23-20)12-24-14-21(15-24)10-19(13-26-21)25-18-5-3-9-22-11-18/h1-9,11,19H,10,12-15H2. The van der Waals surface area contributed by atoms with E-state index in [2.05, 4.69) is 58.0 Å². The second-order valence-electron chi connectivity index (χ2n) is 7.27. The molecule has 3 aromatic rings. The van der Waals surface area contributed by atoms with Crippen molar-refractivity contribution in [2.45, 2.75) is 23.8 Å². The predicted octanol–water partition coefficient (Wildman–Crippen LogP) is 3.77. The van der Waals surface area contributed by atoms with Gasteiger partial charge in [0, 0.05) is 48.1 Å². The van der Waals surface area contributed by atoms with Gasteiger partial charge < -0.3 is 4.74 Å². The third kappa shape index (κ3) is 3.17. The lowest BCUT2D eigenvalue weighted by molar-refractivity contribution is 0.0909. The number of pyridine rings is 2. The Labute approximate surface area is 157 Å². The quantitative estimate of drug-likeness (QED) is 0.705. The van der Waals surface area contributed by atoms with Crippen LogP contribution in [-0.2, 0) is 6.54 Å². The summed E-state index contributed by atoms with van der Waals surface area (Å²) in [6.45, 7) is 3.18. The van der Waals surface area contributed by atoms with E-state index in [-0.39, 0.29) is 0 Å². The maximum atomic E-state index is 6.09. The molecule has 2 aliphatic heterocycles. The van der Waals surface area contributed by atoms with Crippen molar-refractivity contribution in [2.24, 2.45) is 0 Å². The summed E-state index contributed by atoms with van der Waals surface area (Å²) in [6, 6.07) is 16.6. The Hall–Kier alpha value is -2.11. The molecule has 0 amide bonds. The van der Waals surface area contributed by atoms with E-state index >= 15 is 0 Å². The molecule has 0 N–H and O–H groups in total. The monoisotopic (exact) mass is 363 g/mol. The van der Waals surface area contributed by atoms with Crippen LogP contribution in [0.1, 0.15) is 12.1 Å². The number of rotatable bonds is 4. The number of hydrogen-bond acceptors (Lipinski definition) is 5. The van der Waals surface area contributed by atoms with Crippen LogP contribution in [0.15, 0.2) is 60.9 Å². The van der Waals surface area contributed by atoms with Crippen molar-refractivity contribution in [2.75, 3.05) is 18.8 Å². The Morgan fingerprint density at radius 2 is 2.04 bits per heavy atom. The maximum absolute atomic E-state index is 6.09. The number of para-hydroxylation sites is 1. The number of fused-ring (bicyclic) bond motifs is 1. The van der Waals surface area contributed by atoms with Gasteiger partial charge >= 0.3 is 0 Å². The Bertz CT molecular complexity index is 911. The molecule has 0 saturated carbocycles. The number of aromatic nitrogens is 2. The molecule has 2 aromatic heterocycles. The molecule has 2 saturated heterocycles. The fourth-order valence-corrected chi connectivity index (χ4v) is 5.59. The first-order valence-corrected chi connectivity index (χ1v) is 10.0. The normalized spacial score (nSPS) is 21.8. The van der Waals surface area contributed by atoms with Crippen molar-refractivity contribution in [1.29, 1.82) is 0 Å². The van der Waals surface area contributed by atoms with Gasteiger partial charge in [-0.3, -0.25) is 14.9 Å². The van der Waals surface area contributed by atoms with Crippen molar-refractivity contribution in [3.05, 3.63) is 66.6 Å². The van der Waals surface area contributed by atoms with Gasteiger partial charge in [-0.25, -0.2) is 0 Å². The SMILES string of the molecule is c1cncc(OC2CSC3(C2)CN(Cc2ccc4ccccc4n2)C3)c1. The predicted molar refractivity (Wildman–Crippen MR) is 105 cm³/mol. The Morgan fingerprint density at radius 3 is 2.92 bits per heavy atom. The molecule has 26 heavy (non-hydrogen) atoms. The van der Waals surface area contributed by atoms with Gasteiger partial charge in [0.25, 0.3) is 0 Å². The topological polar surface area (TPSA) is 38.2 Å². The van der Waals surface area contributed by atoms with Crippen molar-refractivity contribution in [1.82, 2.24) is 14.9 Å². The molecule has 2 fully saturated rings. The molecule has 0 aliphatic carbocycles. The lowest BCUT2D eigenvalue weighted by Crippen LogP contribution is -2.58. The number of benzene rings is 1. The number of nitrogens with zero attached hydrogens (tertiary/aromatic N) is 3. The van der Waals surface area contributed by atoms with Crippen LogP contribution in [0.5, 0.6) is 5.75 Å². The number of hydrogen-bond donors (Lipinski definition) is 0. The summed E-state index contributed by atoms with van der Waals surface area (Å²) < 4.78 is 6.46. The molecule has 0 radical (unpaired) electrons. The van der Waals surface area contributed by atoms with Gasteiger partial charge in [-0.05, 0) is 24.3 Å². The van der Waals surface area contributed by atoms with Crippen molar-refractivity contribution in [3.63, 3.8) is 0 Å². The van der Waals surface area contributed by atoms with Crippen LogP contribution in [-0.4, -0.2) is 44.6 Å². The first-order valence-electron chi connectivity index (χ1n) is 9.06. The van der Waals surface area contributed by atoms with E-state index in [1.165, 1.54) is 5.39 Å². The number of ether oxygens (including phenoxy) is 1. The van der Waals surface area contributed by atoms with E-state index in [0.29, 0.717) is 10.9 Å². The Morgan fingerprint density at radius 1 is 1.12 bits per heavy atom. The Kier molecular flexibility index (Phi) is 4.06. The van der Waals surface area contributed by atoms with E-state index in [9.17, 15) is 0 Å². The molecule has 1 spiro atoms. The van der Waals surface area contributed by atoms with Gasteiger partial charge in [0.1, 0.15) is 11.9 Å². The summed E-state index contributed by atoms with van der Waals surface area (Å²) in [5.41, 5.74) is 2.24. The second-order valence-corrected chi connectivity index (χ2v) is 8.76. The lowest BCUT2D eigenvalue weighted by Gasteiger charge is -2.47. The first-order chi connectivity index (χ1) is 12.8. The van der Waals surface area contributed by atoms with Gasteiger partial charge in [0.15, 0.2) is 0 Å². The third-order valence-electron chi connectivity index (χ3n) is 5.18. The molecular formula is C21H21N3OS. The van der Waals surface area contributed by atoms with Crippen LogP contribution in [0.4, 0.5) is 0 Å². The molecule has 4 heterocycles. The average Bonchev–Trinajstić information content (AvgIpc) is 3.06. The zero-order chi connectivity index (χ0) is 17.4. The van der Waals surface area contributed by atoms with Crippen LogP contribution in [0.25, 0.3) is 10.9 Å². The van der Waals surface area contributed by atoms with Crippen molar-refractivity contribution >= 4 is 22.7 Å². The minimum atomic E-state index is 0.296. The molecule has 1 aromatic carbocycles. The molecule has 5 rings (SSSR count). The zero-order valence-corrected chi connectivity index (χ0v) is 15.4. The second kappa shape index (κ2) is 6.56. The largest absolute Gasteiger partial charge is 0.488 e. The minimum Gasteiger partial charge on any atom is -0.488 e. The van der Waals surface area contributed by atoms with E-state index in [4.69, 9.17) is 9.72 Å². The summed E-state index contributed by atoms with van der Waals surface area (Å²) in [5.74, 6) is 1.95. The molecule has 132 valence electrons. The van der Waals surface area contributed by atoms with Crippen LogP contribution >= 0.6 is 11.8 Å². The van der Waals surface area contributed by atoms with E-state index in [0.717, 1.165) is 48.8 Å². The molecule has 5 heteroatoms. The smallest absolute Gasteiger partial charge is 0.138 e. The van der Waals surface area contributed by atoms with Gasteiger partial charge in [-0.1, -0.05) is 24.3 Å².